The average Bonchev–Trinajstić information content (AvgIpc) is 2.73. The van der Waals surface area contributed by atoms with Crippen LogP contribution in [0.3, 0.4) is 0 Å². The predicted octanol–water partition coefficient (Wildman–Crippen LogP) is 8.73. The zero-order valence-corrected chi connectivity index (χ0v) is 20.0. The van der Waals surface area contributed by atoms with Crippen molar-refractivity contribution in [3.63, 3.8) is 0 Å². The van der Waals surface area contributed by atoms with E-state index >= 15 is 0 Å². The van der Waals surface area contributed by atoms with Crippen LogP contribution in [0.1, 0.15) is 20.3 Å². The van der Waals surface area contributed by atoms with Crippen molar-refractivity contribution in [1.82, 2.24) is 0 Å². The van der Waals surface area contributed by atoms with E-state index in [1.807, 2.05) is 0 Å². The molecule has 0 fully saturated rings. The highest BCUT2D eigenvalue weighted by atomic mass is 28.4. The van der Waals surface area contributed by atoms with E-state index in [-0.39, 0.29) is 6.55 Å². The lowest BCUT2D eigenvalue weighted by atomic mass is 9.88. The maximum atomic E-state index is 14.5. The number of halogens is 19. The van der Waals surface area contributed by atoms with E-state index in [0.29, 0.717) is 12.5 Å². The second-order valence-electron chi connectivity index (χ2n) is 7.65. The Morgan fingerprint density at radius 1 is 0.487 bits per heavy atom. The van der Waals surface area contributed by atoms with Gasteiger partial charge in [-0.05, 0) is 13.8 Å². The molecule has 0 aliphatic carbocycles. The van der Waals surface area contributed by atoms with Crippen LogP contribution in [-0.4, -0.2) is 61.7 Å². The summed E-state index contributed by atoms with van der Waals surface area (Å²) in [5.41, 5.74) is -5.54. The van der Waals surface area contributed by atoms with Gasteiger partial charge >= 0.3 is 61.7 Å². The maximum absolute atomic E-state index is 14.5. The average molecular weight is 640 g/mol. The molecular weight excluding hydrogens is 625 g/mol. The summed E-state index contributed by atoms with van der Waals surface area (Å²) >= 11 is 0. The van der Waals surface area contributed by atoms with Gasteiger partial charge in [-0.25, -0.2) is 8.78 Å². The standard InChI is InChI=1S/C17H15F19O2Si/c1-4-6-37-39(3,38-7-5-2)10(20,21)8-9(18,19)11(22,23)12(24,25)13(26,27)14(28,29)15(30,31)16(32,33)17(34,35)36/h4-7H,8H2,1-3H3. The quantitative estimate of drug-likeness (QED) is 0.114. The van der Waals surface area contributed by atoms with E-state index in [1.165, 1.54) is 0 Å². The Bertz CT molecular complexity index is 892. The highest BCUT2D eigenvalue weighted by Crippen LogP contribution is 2.64. The molecule has 232 valence electrons. The Morgan fingerprint density at radius 3 is 1.05 bits per heavy atom. The smallest absolute Gasteiger partial charge is 0.516 e. The fraction of sp³-hybridized carbons (Fsp3) is 0.765. The second kappa shape index (κ2) is 10.4. The maximum Gasteiger partial charge on any atom is 0.529 e. The SMILES string of the molecule is CC=CO[Si](C)(OC=CC)C(F)(F)CC(F)(F)C(F)(F)C(F)(F)C(F)(F)C(F)(F)C(F)(F)C(F)(F)C(F)(F)F. The molecule has 0 aliphatic heterocycles. The van der Waals surface area contributed by atoms with Gasteiger partial charge in [-0.15, -0.1) is 0 Å². The number of rotatable bonds is 13. The van der Waals surface area contributed by atoms with Gasteiger partial charge in [0.1, 0.15) is 0 Å². The minimum Gasteiger partial charge on any atom is -0.516 e. The summed E-state index contributed by atoms with van der Waals surface area (Å²) < 4.78 is 264. The molecule has 0 aromatic carbocycles. The predicted molar refractivity (Wildman–Crippen MR) is 93.7 cm³/mol. The van der Waals surface area contributed by atoms with Gasteiger partial charge in [0.05, 0.1) is 18.9 Å². The molecule has 0 rings (SSSR count). The van der Waals surface area contributed by atoms with E-state index in [2.05, 4.69) is 8.85 Å². The summed E-state index contributed by atoms with van der Waals surface area (Å²) in [6, 6.07) is 0. The molecule has 0 saturated carbocycles. The van der Waals surface area contributed by atoms with Gasteiger partial charge in [0.15, 0.2) is 0 Å². The van der Waals surface area contributed by atoms with Crippen LogP contribution in [0.4, 0.5) is 83.4 Å². The first-order valence-electron chi connectivity index (χ1n) is 9.50. The van der Waals surface area contributed by atoms with Gasteiger partial charge in [0, 0.05) is 6.55 Å². The van der Waals surface area contributed by atoms with Crippen molar-refractivity contribution in [1.29, 1.82) is 0 Å². The Balaban J connectivity index is 6.88. The topological polar surface area (TPSA) is 18.5 Å². The van der Waals surface area contributed by atoms with Crippen LogP contribution in [0.25, 0.3) is 0 Å². The molecular formula is C17H15F19O2Si. The fourth-order valence-corrected chi connectivity index (χ4v) is 4.08. The molecule has 39 heavy (non-hydrogen) atoms. The Hall–Kier alpha value is -2.03. The van der Waals surface area contributed by atoms with Crippen LogP contribution in [0.15, 0.2) is 24.7 Å². The lowest BCUT2D eigenvalue weighted by Crippen LogP contribution is -2.74. The summed E-state index contributed by atoms with van der Waals surface area (Å²) in [6.07, 6.45) is -9.73. The zero-order chi connectivity index (χ0) is 31.9. The lowest BCUT2D eigenvalue weighted by Gasteiger charge is -2.43. The Morgan fingerprint density at radius 2 is 0.769 bits per heavy atom. The molecule has 22 heteroatoms. The normalized spacial score (nSPS) is 17.6. The van der Waals surface area contributed by atoms with E-state index in [4.69, 9.17) is 0 Å². The summed E-state index contributed by atoms with van der Waals surface area (Å²) in [5, 5.41) is 0. The first-order valence-corrected chi connectivity index (χ1v) is 11.8. The van der Waals surface area contributed by atoms with E-state index in [1.54, 1.807) is 0 Å². The number of alkyl halides is 19. The van der Waals surface area contributed by atoms with Crippen LogP contribution >= 0.6 is 0 Å². The van der Waals surface area contributed by atoms with Gasteiger partial charge in [-0.3, -0.25) is 0 Å². The van der Waals surface area contributed by atoms with Crippen molar-refractivity contribution < 1.29 is 92.3 Å². The molecule has 0 saturated heterocycles. The molecule has 0 spiro atoms. The first-order chi connectivity index (χ1) is 16.8. The van der Waals surface area contributed by atoms with E-state index in [9.17, 15) is 83.4 Å². The van der Waals surface area contributed by atoms with Gasteiger partial charge < -0.3 is 8.85 Å². The molecule has 0 atom stereocenters. The van der Waals surface area contributed by atoms with Gasteiger partial charge in [0.25, 0.3) is 0 Å². The van der Waals surface area contributed by atoms with Crippen LogP contribution in [0, 0.1) is 0 Å². The summed E-state index contributed by atoms with van der Waals surface area (Å²) in [4.78, 5) is 0. The third kappa shape index (κ3) is 5.62. The molecule has 2 nitrogen and oxygen atoms in total. The van der Waals surface area contributed by atoms with Crippen molar-refractivity contribution in [2.75, 3.05) is 0 Å². The van der Waals surface area contributed by atoms with E-state index < -0.39 is 68.2 Å². The van der Waals surface area contributed by atoms with Gasteiger partial charge in [0.2, 0.25) is 0 Å². The number of hydrogen-bond donors (Lipinski definition) is 0. The highest BCUT2D eigenvalue weighted by molar-refractivity contribution is 6.69. The van der Waals surface area contributed by atoms with Crippen molar-refractivity contribution in [3.05, 3.63) is 24.7 Å². The number of allylic oxidation sites excluding steroid dienone is 2. The minimum atomic E-state index is -8.86. The molecule has 0 bridgehead atoms. The van der Waals surface area contributed by atoms with Crippen molar-refractivity contribution in [3.8, 4) is 0 Å². The minimum absolute atomic E-state index is 0.141. The Kier molecular flexibility index (Phi) is 9.88. The summed E-state index contributed by atoms with van der Waals surface area (Å²) in [5.74, 6) is -58.9. The molecule has 0 heterocycles. The number of hydrogen-bond acceptors (Lipinski definition) is 2. The van der Waals surface area contributed by atoms with Crippen LogP contribution in [0.5, 0.6) is 0 Å². The summed E-state index contributed by atoms with van der Waals surface area (Å²) in [6.45, 7) is 2.24. The molecule has 0 aromatic rings. The monoisotopic (exact) mass is 640 g/mol. The van der Waals surface area contributed by atoms with Crippen LogP contribution in [0.2, 0.25) is 6.55 Å². The van der Waals surface area contributed by atoms with Crippen molar-refractivity contribution in [2.24, 2.45) is 0 Å². The van der Waals surface area contributed by atoms with Crippen LogP contribution in [-0.2, 0) is 8.85 Å². The van der Waals surface area contributed by atoms with Gasteiger partial charge in [-0.1, -0.05) is 12.2 Å². The first kappa shape index (κ1) is 37.0. The molecule has 0 radical (unpaired) electrons. The zero-order valence-electron chi connectivity index (χ0n) is 19.0. The largest absolute Gasteiger partial charge is 0.529 e. The highest BCUT2D eigenvalue weighted by Gasteiger charge is 2.95. The van der Waals surface area contributed by atoms with Gasteiger partial charge in [-0.2, -0.15) is 74.6 Å². The summed E-state index contributed by atoms with van der Waals surface area (Å²) in [7, 11) is -5.67. The lowest BCUT2D eigenvalue weighted by molar-refractivity contribution is -0.462. The fourth-order valence-electron chi connectivity index (χ4n) is 2.34. The van der Waals surface area contributed by atoms with Crippen LogP contribution < -0.4 is 0 Å². The molecule has 0 unspecified atom stereocenters. The van der Waals surface area contributed by atoms with E-state index in [0.717, 1.165) is 26.0 Å². The van der Waals surface area contributed by atoms with Crippen molar-refractivity contribution in [2.45, 2.75) is 80.0 Å². The Labute approximate surface area is 206 Å². The van der Waals surface area contributed by atoms with Crippen molar-refractivity contribution >= 4 is 8.56 Å². The third-order valence-corrected chi connectivity index (χ3v) is 7.43. The molecule has 0 N–H and O–H groups in total. The second-order valence-corrected chi connectivity index (χ2v) is 10.7. The molecule has 0 aromatic heterocycles. The third-order valence-electron chi connectivity index (χ3n) is 4.75. The molecule has 0 amide bonds. The molecule has 0 aliphatic rings.